The first kappa shape index (κ1) is 17.2. The van der Waals surface area contributed by atoms with Gasteiger partial charge in [0.2, 0.25) is 0 Å². The molecule has 0 radical (unpaired) electrons. The first-order valence-corrected chi connectivity index (χ1v) is 8.88. The van der Waals surface area contributed by atoms with E-state index in [-0.39, 0.29) is 5.91 Å². The van der Waals surface area contributed by atoms with Crippen LogP contribution in [-0.4, -0.2) is 39.6 Å². The number of carbonyl (C=O) groups excluding carboxylic acids is 1. The zero-order valence-electron chi connectivity index (χ0n) is 14.2. The summed E-state index contributed by atoms with van der Waals surface area (Å²) in [4.78, 5) is 19.6. The molecule has 2 aromatic heterocycles. The van der Waals surface area contributed by atoms with Crippen LogP contribution in [0.15, 0.2) is 41.9 Å². The van der Waals surface area contributed by atoms with E-state index >= 15 is 0 Å². The van der Waals surface area contributed by atoms with Crippen LogP contribution in [0.4, 0.5) is 0 Å². The largest absolute Gasteiger partial charge is 0.487 e. The predicted octanol–water partition coefficient (Wildman–Crippen LogP) is 3.07. The molecule has 7 heteroatoms. The maximum absolute atomic E-state index is 12.5. The van der Waals surface area contributed by atoms with Gasteiger partial charge in [0.05, 0.1) is 16.9 Å². The number of rotatable bonds is 7. The van der Waals surface area contributed by atoms with Crippen LogP contribution in [0.2, 0.25) is 0 Å². The summed E-state index contributed by atoms with van der Waals surface area (Å²) in [5, 5.41) is 6.97. The molecule has 1 aromatic carbocycles. The molecule has 0 saturated heterocycles. The van der Waals surface area contributed by atoms with Gasteiger partial charge in [0.25, 0.3) is 5.91 Å². The Morgan fingerprint density at radius 1 is 1.32 bits per heavy atom. The maximum atomic E-state index is 12.5. The number of carbonyl (C=O) groups is 1. The Balaban J connectivity index is 1.53. The van der Waals surface area contributed by atoms with Crippen LogP contribution >= 0.6 is 11.3 Å². The monoisotopic (exact) mass is 356 g/mol. The van der Waals surface area contributed by atoms with Crippen molar-refractivity contribution in [1.29, 1.82) is 0 Å². The Morgan fingerprint density at radius 2 is 2.12 bits per heavy atom. The summed E-state index contributed by atoms with van der Waals surface area (Å²) in [7, 11) is 1.79. The van der Waals surface area contributed by atoms with E-state index in [1.54, 1.807) is 29.4 Å². The number of nitrogens with zero attached hydrogens (tertiary/aromatic N) is 3. The Bertz CT molecular complexity index is 828. The maximum Gasteiger partial charge on any atom is 0.274 e. The molecule has 0 aliphatic heterocycles. The van der Waals surface area contributed by atoms with Gasteiger partial charge in [0.15, 0.2) is 5.69 Å². The summed E-state index contributed by atoms with van der Waals surface area (Å²) in [6.07, 6.45) is 0.799. The van der Waals surface area contributed by atoms with Gasteiger partial charge in [-0.3, -0.25) is 9.89 Å². The zero-order valence-corrected chi connectivity index (χ0v) is 15.0. The summed E-state index contributed by atoms with van der Waals surface area (Å²) < 4.78 is 5.65. The Labute approximate surface area is 150 Å². The first-order chi connectivity index (χ1) is 12.1. The van der Waals surface area contributed by atoms with Crippen molar-refractivity contribution in [2.24, 2.45) is 0 Å². The van der Waals surface area contributed by atoms with E-state index in [2.05, 4.69) is 15.2 Å². The molecule has 25 heavy (non-hydrogen) atoms. The molecule has 130 valence electrons. The number of para-hydroxylation sites is 1. The van der Waals surface area contributed by atoms with Crippen LogP contribution in [0, 0.1) is 6.92 Å². The lowest BCUT2D eigenvalue weighted by molar-refractivity contribution is 0.0791. The van der Waals surface area contributed by atoms with Crippen LogP contribution in [-0.2, 0) is 13.0 Å². The van der Waals surface area contributed by atoms with Gasteiger partial charge in [-0.2, -0.15) is 5.10 Å². The van der Waals surface area contributed by atoms with E-state index in [1.807, 2.05) is 42.8 Å². The van der Waals surface area contributed by atoms with Crippen molar-refractivity contribution in [3.8, 4) is 5.75 Å². The van der Waals surface area contributed by atoms with Gasteiger partial charge in [0, 0.05) is 24.9 Å². The number of benzene rings is 1. The van der Waals surface area contributed by atoms with E-state index in [4.69, 9.17) is 4.74 Å². The number of hydrogen-bond donors (Lipinski definition) is 1. The van der Waals surface area contributed by atoms with Crippen molar-refractivity contribution in [2.45, 2.75) is 20.0 Å². The number of thiazole rings is 1. The second-order valence-corrected chi connectivity index (χ2v) is 6.66. The number of H-pyrrole nitrogens is 1. The smallest absolute Gasteiger partial charge is 0.274 e. The second-order valence-electron chi connectivity index (χ2n) is 5.72. The van der Waals surface area contributed by atoms with Crippen molar-refractivity contribution >= 4 is 17.2 Å². The molecule has 0 unspecified atom stereocenters. The van der Waals surface area contributed by atoms with Crippen LogP contribution in [0.5, 0.6) is 5.75 Å². The highest BCUT2D eigenvalue weighted by atomic mass is 32.1. The first-order valence-electron chi connectivity index (χ1n) is 8.00. The van der Waals surface area contributed by atoms with Crippen LogP contribution in [0.1, 0.15) is 26.8 Å². The van der Waals surface area contributed by atoms with E-state index < -0.39 is 0 Å². The minimum Gasteiger partial charge on any atom is -0.487 e. The molecule has 0 aliphatic carbocycles. The minimum absolute atomic E-state index is 0.107. The van der Waals surface area contributed by atoms with Gasteiger partial charge in [-0.15, -0.1) is 11.3 Å². The fourth-order valence-electron chi connectivity index (χ4n) is 2.36. The second kappa shape index (κ2) is 7.94. The van der Waals surface area contributed by atoms with Gasteiger partial charge in [-0.25, -0.2) is 4.98 Å². The third-order valence-electron chi connectivity index (χ3n) is 3.85. The van der Waals surface area contributed by atoms with Crippen molar-refractivity contribution in [1.82, 2.24) is 20.1 Å². The van der Waals surface area contributed by atoms with Gasteiger partial charge >= 0.3 is 0 Å². The highest BCUT2D eigenvalue weighted by Gasteiger charge is 2.16. The molecule has 0 atom stereocenters. The molecule has 3 rings (SSSR count). The fraction of sp³-hybridized carbons (Fsp3) is 0.278. The average Bonchev–Trinajstić information content (AvgIpc) is 3.27. The number of hydrogen-bond acceptors (Lipinski definition) is 5. The number of nitrogens with one attached hydrogen (secondary N) is 1. The van der Waals surface area contributed by atoms with Gasteiger partial charge in [-0.05, 0) is 25.1 Å². The molecule has 0 aliphatic rings. The van der Waals surface area contributed by atoms with E-state index in [1.165, 1.54) is 4.88 Å². The Kier molecular flexibility index (Phi) is 5.45. The number of aromatic amines is 1. The average molecular weight is 356 g/mol. The highest BCUT2D eigenvalue weighted by Crippen LogP contribution is 2.14. The summed E-state index contributed by atoms with van der Waals surface area (Å²) in [5.74, 6) is 0.673. The molecule has 6 nitrogen and oxygen atoms in total. The van der Waals surface area contributed by atoms with Crippen LogP contribution in [0.25, 0.3) is 0 Å². The predicted molar refractivity (Wildman–Crippen MR) is 96.9 cm³/mol. The molecule has 1 N–H and O–H groups in total. The van der Waals surface area contributed by atoms with E-state index in [0.717, 1.165) is 23.6 Å². The minimum atomic E-state index is -0.107. The SMILES string of the molecule is Cc1ncsc1CCN(C)C(=O)c1cc(COc2ccccc2)[nH]n1. The standard InChI is InChI=1S/C18H20N4O2S/c1-13-17(25-12-19-13)8-9-22(2)18(23)16-10-14(20-21-16)11-24-15-6-4-3-5-7-15/h3-7,10,12H,8-9,11H2,1-2H3,(H,20,21). The Morgan fingerprint density at radius 3 is 2.84 bits per heavy atom. The molecule has 2 heterocycles. The quantitative estimate of drug-likeness (QED) is 0.706. The lowest BCUT2D eigenvalue weighted by atomic mass is 10.2. The van der Waals surface area contributed by atoms with Crippen molar-refractivity contribution in [2.75, 3.05) is 13.6 Å². The number of amides is 1. The van der Waals surface area contributed by atoms with Crippen molar-refractivity contribution in [3.63, 3.8) is 0 Å². The number of aromatic nitrogens is 3. The molecule has 3 aromatic rings. The van der Waals surface area contributed by atoms with E-state index in [0.29, 0.717) is 18.8 Å². The normalized spacial score (nSPS) is 10.6. The number of ether oxygens (including phenoxy) is 1. The third kappa shape index (κ3) is 4.45. The number of likely N-dealkylation sites (N-methyl/N-ethyl adjacent to an activating group) is 1. The summed E-state index contributed by atoms with van der Waals surface area (Å²) >= 11 is 1.62. The fourth-order valence-corrected chi connectivity index (χ4v) is 3.13. The highest BCUT2D eigenvalue weighted by molar-refractivity contribution is 7.09. The molecular formula is C18H20N4O2S. The van der Waals surface area contributed by atoms with E-state index in [9.17, 15) is 4.79 Å². The summed E-state index contributed by atoms with van der Waals surface area (Å²) in [6, 6.07) is 11.3. The lowest BCUT2D eigenvalue weighted by Gasteiger charge is -2.15. The third-order valence-corrected chi connectivity index (χ3v) is 4.85. The molecule has 0 saturated carbocycles. The lowest BCUT2D eigenvalue weighted by Crippen LogP contribution is -2.29. The zero-order chi connectivity index (χ0) is 17.6. The van der Waals surface area contributed by atoms with Gasteiger partial charge in [0.1, 0.15) is 12.4 Å². The summed E-state index contributed by atoms with van der Waals surface area (Å²) in [5.41, 5.74) is 4.03. The Hall–Kier alpha value is -2.67. The van der Waals surface area contributed by atoms with Gasteiger partial charge in [-0.1, -0.05) is 18.2 Å². The van der Waals surface area contributed by atoms with Crippen molar-refractivity contribution in [3.05, 3.63) is 63.9 Å². The van der Waals surface area contributed by atoms with Crippen molar-refractivity contribution < 1.29 is 9.53 Å². The molecule has 0 bridgehead atoms. The molecular weight excluding hydrogens is 336 g/mol. The molecule has 0 spiro atoms. The van der Waals surface area contributed by atoms with Crippen LogP contribution in [0.3, 0.4) is 0 Å². The molecule has 0 fully saturated rings. The molecule has 1 amide bonds. The topological polar surface area (TPSA) is 71.1 Å². The summed E-state index contributed by atoms with van der Waals surface area (Å²) in [6.45, 7) is 2.96. The van der Waals surface area contributed by atoms with Crippen LogP contribution < -0.4 is 4.74 Å². The van der Waals surface area contributed by atoms with Gasteiger partial charge < -0.3 is 9.64 Å². The number of aryl methyl sites for hydroxylation is 1.